The molecule has 0 spiro atoms. The summed E-state index contributed by atoms with van der Waals surface area (Å²) in [5.41, 5.74) is 4.59. The molecule has 0 aliphatic heterocycles. The summed E-state index contributed by atoms with van der Waals surface area (Å²) >= 11 is 6.11. The molecule has 144 valence electrons. The Morgan fingerprint density at radius 2 is 1.50 bits per heavy atom. The number of fused-ring (bicyclic) bond motifs is 3. The van der Waals surface area contributed by atoms with Crippen molar-refractivity contribution >= 4 is 39.0 Å². The van der Waals surface area contributed by atoms with Crippen LogP contribution in [0.2, 0.25) is 5.02 Å². The van der Waals surface area contributed by atoms with Crippen LogP contribution in [0.4, 0.5) is 5.69 Å². The first kappa shape index (κ1) is 18.3. The molecule has 0 aliphatic carbocycles. The van der Waals surface area contributed by atoms with Crippen molar-refractivity contribution in [2.24, 2.45) is 0 Å². The highest BCUT2D eigenvalue weighted by Crippen LogP contribution is 2.37. The van der Waals surface area contributed by atoms with E-state index >= 15 is 0 Å². The van der Waals surface area contributed by atoms with Gasteiger partial charge in [0.05, 0.1) is 16.1 Å². The van der Waals surface area contributed by atoms with Crippen LogP contribution >= 0.6 is 11.6 Å². The van der Waals surface area contributed by atoms with E-state index in [-0.39, 0.29) is 5.69 Å². The summed E-state index contributed by atoms with van der Waals surface area (Å²) in [6, 6.07) is 28.6. The van der Waals surface area contributed by atoms with Crippen molar-refractivity contribution in [3.8, 4) is 22.4 Å². The fraction of sp³-hybridized carbons (Fsp3) is 0. The minimum absolute atomic E-state index is 0.0588. The second-order valence-electron chi connectivity index (χ2n) is 7.05. The second-order valence-corrected chi connectivity index (χ2v) is 7.48. The average Bonchev–Trinajstić information content (AvgIpc) is 2.78. The van der Waals surface area contributed by atoms with Crippen molar-refractivity contribution in [1.29, 1.82) is 0 Å². The lowest BCUT2D eigenvalue weighted by atomic mass is 9.94. The van der Waals surface area contributed by atoms with Gasteiger partial charge >= 0.3 is 0 Å². The molecule has 4 nitrogen and oxygen atoms in total. The molecule has 0 amide bonds. The van der Waals surface area contributed by atoms with Gasteiger partial charge in [-0.2, -0.15) is 0 Å². The number of nitrogens with zero attached hydrogens (tertiary/aromatic N) is 2. The standard InChI is InChI=1S/C25H15ClN2O2/c26-19-10-5-17(6-11-19)22-15-24(18-7-12-20(13-8-18)28(29)30)27-23-14-9-16-3-1-2-4-21(16)25(22)23/h1-15H. The molecule has 0 N–H and O–H groups in total. The van der Waals surface area contributed by atoms with E-state index in [9.17, 15) is 10.1 Å². The van der Waals surface area contributed by atoms with E-state index in [1.165, 1.54) is 12.1 Å². The third-order valence-corrected chi connectivity index (χ3v) is 5.48. The molecule has 0 fully saturated rings. The van der Waals surface area contributed by atoms with Crippen LogP contribution in [-0.2, 0) is 0 Å². The van der Waals surface area contributed by atoms with Gasteiger partial charge in [0.1, 0.15) is 0 Å². The van der Waals surface area contributed by atoms with E-state index in [4.69, 9.17) is 16.6 Å². The summed E-state index contributed by atoms with van der Waals surface area (Å²) < 4.78 is 0. The van der Waals surface area contributed by atoms with Gasteiger partial charge < -0.3 is 0 Å². The zero-order chi connectivity index (χ0) is 20.7. The molecule has 0 saturated heterocycles. The Hall–Kier alpha value is -3.76. The van der Waals surface area contributed by atoms with Crippen LogP contribution in [0.3, 0.4) is 0 Å². The van der Waals surface area contributed by atoms with E-state index in [0.717, 1.165) is 44.1 Å². The van der Waals surface area contributed by atoms with E-state index in [2.05, 4.69) is 18.2 Å². The fourth-order valence-corrected chi connectivity index (χ4v) is 3.89. The highest BCUT2D eigenvalue weighted by Gasteiger charge is 2.13. The molecule has 0 aliphatic rings. The van der Waals surface area contributed by atoms with Crippen molar-refractivity contribution in [1.82, 2.24) is 4.98 Å². The highest BCUT2D eigenvalue weighted by atomic mass is 35.5. The number of hydrogen-bond donors (Lipinski definition) is 0. The summed E-state index contributed by atoms with van der Waals surface area (Å²) in [6.07, 6.45) is 0. The molecule has 0 bridgehead atoms. The maximum absolute atomic E-state index is 11.0. The molecule has 1 heterocycles. The van der Waals surface area contributed by atoms with Crippen molar-refractivity contribution in [2.45, 2.75) is 0 Å². The van der Waals surface area contributed by atoms with Gasteiger partial charge in [-0.1, -0.05) is 54.1 Å². The Morgan fingerprint density at radius 3 is 2.23 bits per heavy atom. The average molecular weight is 411 g/mol. The Morgan fingerprint density at radius 1 is 0.800 bits per heavy atom. The van der Waals surface area contributed by atoms with Gasteiger partial charge in [-0.25, -0.2) is 4.98 Å². The zero-order valence-corrected chi connectivity index (χ0v) is 16.5. The van der Waals surface area contributed by atoms with Crippen LogP contribution in [0.5, 0.6) is 0 Å². The van der Waals surface area contributed by atoms with E-state index in [1.807, 2.05) is 48.5 Å². The Kier molecular flexibility index (Phi) is 4.42. The summed E-state index contributed by atoms with van der Waals surface area (Å²) in [5, 5.41) is 15.0. The predicted molar refractivity (Wildman–Crippen MR) is 122 cm³/mol. The first-order valence-corrected chi connectivity index (χ1v) is 9.81. The highest BCUT2D eigenvalue weighted by molar-refractivity contribution is 6.30. The maximum atomic E-state index is 11.0. The Labute approximate surface area is 177 Å². The number of rotatable bonds is 3. The number of nitro benzene ring substituents is 1. The lowest BCUT2D eigenvalue weighted by molar-refractivity contribution is -0.384. The number of benzene rings is 4. The molecule has 4 aromatic carbocycles. The zero-order valence-electron chi connectivity index (χ0n) is 15.7. The van der Waals surface area contributed by atoms with Gasteiger partial charge in [0.25, 0.3) is 5.69 Å². The minimum Gasteiger partial charge on any atom is -0.258 e. The van der Waals surface area contributed by atoms with Gasteiger partial charge in [-0.3, -0.25) is 10.1 Å². The molecule has 1 aromatic heterocycles. The summed E-state index contributed by atoms with van der Waals surface area (Å²) in [4.78, 5) is 15.5. The molecular weight excluding hydrogens is 396 g/mol. The van der Waals surface area contributed by atoms with Crippen LogP contribution in [0.25, 0.3) is 44.1 Å². The molecule has 0 saturated carbocycles. The van der Waals surface area contributed by atoms with Crippen LogP contribution in [0.15, 0.2) is 91.0 Å². The van der Waals surface area contributed by atoms with Gasteiger partial charge in [0.15, 0.2) is 0 Å². The van der Waals surface area contributed by atoms with E-state index in [1.54, 1.807) is 12.1 Å². The van der Waals surface area contributed by atoms with Crippen molar-refractivity contribution in [3.63, 3.8) is 0 Å². The van der Waals surface area contributed by atoms with Crippen LogP contribution in [-0.4, -0.2) is 9.91 Å². The smallest absolute Gasteiger partial charge is 0.258 e. The number of halogens is 1. The number of hydrogen-bond acceptors (Lipinski definition) is 3. The number of pyridine rings is 1. The predicted octanol–water partition coefficient (Wildman–Crippen LogP) is 7.28. The fourth-order valence-electron chi connectivity index (χ4n) is 3.77. The normalized spacial score (nSPS) is 11.1. The Bertz CT molecular complexity index is 1410. The van der Waals surface area contributed by atoms with Crippen LogP contribution in [0.1, 0.15) is 0 Å². The first-order chi connectivity index (χ1) is 14.6. The van der Waals surface area contributed by atoms with Gasteiger partial charge in [-0.05, 0) is 58.3 Å². The Balaban J connectivity index is 1.81. The molecule has 0 radical (unpaired) electrons. The van der Waals surface area contributed by atoms with Crippen molar-refractivity contribution < 1.29 is 4.92 Å². The van der Waals surface area contributed by atoms with Crippen LogP contribution in [0, 0.1) is 10.1 Å². The third kappa shape index (κ3) is 3.17. The molecule has 5 heteroatoms. The van der Waals surface area contributed by atoms with Gasteiger partial charge in [0.2, 0.25) is 0 Å². The summed E-state index contributed by atoms with van der Waals surface area (Å²) in [5.74, 6) is 0. The molecule has 5 aromatic rings. The summed E-state index contributed by atoms with van der Waals surface area (Å²) in [6.45, 7) is 0. The quantitative estimate of drug-likeness (QED) is 0.178. The maximum Gasteiger partial charge on any atom is 0.269 e. The van der Waals surface area contributed by atoms with Gasteiger partial charge in [-0.15, -0.1) is 0 Å². The monoisotopic (exact) mass is 410 g/mol. The lowest BCUT2D eigenvalue weighted by Gasteiger charge is -2.13. The van der Waals surface area contributed by atoms with Gasteiger partial charge in [0, 0.05) is 28.1 Å². The van der Waals surface area contributed by atoms with Crippen molar-refractivity contribution in [2.75, 3.05) is 0 Å². The lowest BCUT2D eigenvalue weighted by Crippen LogP contribution is -1.92. The summed E-state index contributed by atoms with van der Waals surface area (Å²) in [7, 11) is 0. The minimum atomic E-state index is -0.400. The molecule has 0 unspecified atom stereocenters. The van der Waals surface area contributed by atoms with Crippen LogP contribution < -0.4 is 0 Å². The third-order valence-electron chi connectivity index (χ3n) is 5.23. The number of nitro groups is 1. The molecule has 30 heavy (non-hydrogen) atoms. The number of non-ortho nitro benzene ring substituents is 1. The second kappa shape index (κ2) is 7.25. The van der Waals surface area contributed by atoms with E-state index < -0.39 is 4.92 Å². The number of aromatic nitrogens is 1. The largest absolute Gasteiger partial charge is 0.269 e. The molecule has 0 atom stereocenters. The van der Waals surface area contributed by atoms with Crippen molar-refractivity contribution in [3.05, 3.63) is 106 Å². The molecule has 5 rings (SSSR count). The van der Waals surface area contributed by atoms with E-state index in [0.29, 0.717) is 5.02 Å². The SMILES string of the molecule is O=[N+]([O-])c1ccc(-c2cc(-c3ccc(Cl)cc3)c3c(ccc4ccccc43)n2)cc1. The first-order valence-electron chi connectivity index (χ1n) is 9.43. The topological polar surface area (TPSA) is 56.0 Å². The molecular formula is C25H15ClN2O2.